The molecule has 0 saturated heterocycles. The van der Waals surface area contributed by atoms with Gasteiger partial charge in [0.25, 0.3) is 0 Å². The summed E-state index contributed by atoms with van der Waals surface area (Å²) in [4.78, 5) is 0. The van der Waals surface area contributed by atoms with Crippen molar-refractivity contribution >= 4 is 23.0 Å². The average molecular weight is 241 g/mol. The van der Waals surface area contributed by atoms with Crippen LogP contribution in [0.4, 0.5) is 11.4 Å². The minimum atomic E-state index is 0.437. The number of hydrogen-bond acceptors (Lipinski definition) is 2. The second kappa shape index (κ2) is 6.64. The molecule has 1 atom stereocenters. The summed E-state index contributed by atoms with van der Waals surface area (Å²) >= 11 is 5.96. The maximum atomic E-state index is 5.96. The summed E-state index contributed by atoms with van der Waals surface area (Å²) < 4.78 is 0. The van der Waals surface area contributed by atoms with Crippen molar-refractivity contribution in [2.45, 2.75) is 45.6 Å². The molecule has 0 aromatic heterocycles. The molecule has 0 bridgehead atoms. The Morgan fingerprint density at radius 2 is 2.12 bits per heavy atom. The predicted octanol–water partition coefficient (Wildman–Crippen LogP) is 4.30. The van der Waals surface area contributed by atoms with E-state index in [1.165, 1.54) is 25.7 Å². The van der Waals surface area contributed by atoms with Crippen molar-refractivity contribution in [2.24, 2.45) is 0 Å². The number of hydrogen-bond donors (Lipinski definition) is 2. The largest absolute Gasteiger partial charge is 0.396 e. The molecule has 1 unspecified atom stereocenters. The van der Waals surface area contributed by atoms with Gasteiger partial charge in [-0.15, -0.1) is 0 Å². The minimum Gasteiger partial charge on any atom is -0.396 e. The van der Waals surface area contributed by atoms with Crippen molar-refractivity contribution in [2.75, 3.05) is 11.1 Å². The number of anilines is 2. The van der Waals surface area contributed by atoms with Crippen molar-refractivity contribution < 1.29 is 0 Å². The van der Waals surface area contributed by atoms with Crippen LogP contribution < -0.4 is 11.1 Å². The highest BCUT2D eigenvalue weighted by Gasteiger charge is 2.06. The first-order chi connectivity index (χ1) is 7.65. The highest BCUT2D eigenvalue weighted by Crippen LogP contribution is 2.27. The Morgan fingerprint density at radius 1 is 1.38 bits per heavy atom. The summed E-state index contributed by atoms with van der Waals surface area (Å²) in [6.45, 7) is 4.39. The molecule has 0 aliphatic rings. The molecule has 1 aromatic rings. The molecule has 2 nitrogen and oxygen atoms in total. The second-order valence-electron chi connectivity index (χ2n) is 4.24. The topological polar surface area (TPSA) is 38.0 Å². The van der Waals surface area contributed by atoms with Crippen LogP contribution in [0.25, 0.3) is 0 Å². The lowest BCUT2D eigenvalue weighted by molar-refractivity contribution is 0.615. The van der Waals surface area contributed by atoms with E-state index in [0.29, 0.717) is 16.8 Å². The zero-order valence-corrected chi connectivity index (χ0v) is 10.8. The van der Waals surface area contributed by atoms with Gasteiger partial charge in [-0.25, -0.2) is 0 Å². The lowest BCUT2D eigenvalue weighted by Gasteiger charge is -2.17. The van der Waals surface area contributed by atoms with E-state index in [4.69, 9.17) is 17.3 Å². The Morgan fingerprint density at radius 3 is 2.81 bits per heavy atom. The lowest BCUT2D eigenvalue weighted by atomic mass is 10.1. The summed E-state index contributed by atoms with van der Waals surface area (Å²) in [5, 5.41) is 4.02. The van der Waals surface area contributed by atoms with Crippen LogP contribution in [0.5, 0.6) is 0 Å². The zero-order chi connectivity index (χ0) is 12.0. The summed E-state index contributed by atoms with van der Waals surface area (Å²) in [7, 11) is 0. The van der Waals surface area contributed by atoms with Gasteiger partial charge < -0.3 is 11.1 Å². The lowest BCUT2D eigenvalue weighted by Crippen LogP contribution is -2.16. The van der Waals surface area contributed by atoms with Crippen LogP contribution in [-0.4, -0.2) is 6.04 Å². The van der Waals surface area contributed by atoms with E-state index in [9.17, 15) is 0 Å². The third-order valence-electron chi connectivity index (χ3n) is 2.70. The van der Waals surface area contributed by atoms with Gasteiger partial charge in [-0.1, -0.05) is 43.9 Å². The van der Waals surface area contributed by atoms with Gasteiger partial charge in [0.1, 0.15) is 0 Å². The number of para-hydroxylation sites is 1. The van der Waals surface area contributed by atoms with E-state index in [2.05, 4.69) is 19.2 Å². The number of halogens is 1. The fraction of sp³-hybridized carbons (Fsp3) is 0.538. The highest BCUT2D eigenvalue weighted by molar-refractivity contribution is 6.33. The maximum Gasteiger partial charge on any atom is 0.0739 e. The van der Waals surface area contributed by atoms with Crippen LogP contribution in [0.3, 0.4) is 0 Å². The van der Waals surface area contributed by atoms with Gasteiger partial charge >= 0.3 is 0 Å². The number of rotatable bonds is 6. The van der Waals surface area contributed by atoms with E-state index >= 15 is 0 Å². The Labute approximate surface area is 103 Å². The van der Waals surface area contributed by atoms with E-state index in [0.717, 1.165) is 5.69 Å². The van der Waals surface area contributed by atoms with Crippen molar-refractivity contribution in [3.05, 3.63) is 23.2 Å². The quantitative estimate of drug-likeness (QED) is 0.575. The van der Waals surface area contributed by atoms with Crippen LogP contribution >= 0.6 is 11.6 Å². The zero-order valence-electron chi connectivity index (χ0n) is 10.1. The normalized spacial score (nSPS) is 12.4. The van der Waals surface area contributed by atoms with Crippen LogP contribution in [0.15, 0.2) is 18.2 Å². The fourth-order valence-corrected chi connectivity index (χ4v) is 1.88. The Hall–Kier alpha value is -0.890. The van der Waals surface area contributed by atoms with Gasteiger partial charge in [0.2, 0.25) is 0 Å². The third-order valence-corrected chi connectivity index (χ3v) is 3.03. The van der Waals surface area contributed by atoms with Crippen molar-refractivity contribution in [3.8, 4) is 0 Å². The van der Waals surface area contributed by atoms with Crippen molar-refractivity contribution in [1.29, 1.82) is 0 Å². The van der Waals surface area contributed by atoms with Crippen molar-refractivity contribution in [1.82, 2.24) is 0 Å². The molecule has 0 radical (unpaired) electrons. The van der Waals surface area contributed by atoms with E-state index in [1.54, 1.807) is 0 Å². The van der Waals surface area contributed by atoms with Crippen LogP contribution in [0.2, 0.25) is 5.02 Å². The summed E-state index contributed by atoms with van der Waals surface area (Å²) in [6.07, 6.45) is 4.97. The molecule has 1 rings (SSSR count). The Bertz CT molecular complexity index is 326. The molecular weight excluding hydrogens is 220 g/mol. The smallest absolute Gasteiger partial charge is 0.0739 e. The van der Waals surface area contributed by atoms with Gasteiger partial charge in [-0.05, 0) is 25.5 Å². The average Bonchev–Trinajstić information content (AvgIpc) is 2.25. The second-order valence-corrected chi connectivity index (χ2v) is 4.65. The summed E-state index contributed by atoms with van der Waals surface area (Å²) in [6, 6.07) is 6.13. The number of nitrogens with two attached hydrogens (primary N) is 1. The summed E-state index contributed by atoms with van der Waals surface area (Å²) in [5.41, 5.74) is 7.48. The van der Waals surface area contributed by atoms with Crippen molar-refractivity contribution in [3.63, 3.8) is 0 Å². The summed E-state index contributed by atoms with van der Waals surface area (Å²) in [5.74, 6) is 0. The van der Waals surface area contributed by atoms with E-state index in [1.807, 2.05) is 18.2 Å². The first-order valence-electron chi connectivity index (χ1n) is 5.95. The minimum absolute atomic E-state index is 0.437. The fourth-order valence-electron chi connectivity index (χ4n) is 1.70. The molecule has 0 fully saturated rings. The molecule has 3 heteroatoms. The predicted molar refractivity (Wildman–Crippen MR) is 73.1 cm³/mol. The van der Waals surface area contributed by atoms with E-state index in [-0.39, 0.29) is 0 Å². The number of nitrogen functional groups attached to an aromatic ring is 1. The van der Waals surface area contributed by atoms with E-state index < -0.39 is 0 Å². The van der Waals surface area contributed by atoms with Gasteiger partial charge in [0.05, 0.1) is 16.4 Å². The SMILES string of the molecule is CCCCCC(C)Nc1cccc(Cl)c1N. The molecule has 16 heavy (non-hydrogen) atoms. The third kappa shape index (κ3) is 3.93. The van der Waals surface area contributed by atoms with Gasteiger partial charge in [0.15, 0.2) is 0 Å². The monoisotopic (exact) mass is 240 g/mol. The molecular formula is C13H21ClN2. The highest BCUT2D eigenvalue weighted by atomic mass is 35.5. The number of benzene rings is 1. The van der Waals surface area contributed by atoms with Crippen LogP contribution in [0, 0.1) is 0 Å². The van der Waals surface area contributed by atoms with Gasteiger partial charge in [-0.2, -0.15) is 0 Å². The Balaban J connectivity index is 2.49. The molecule has 3 N–H and O–H groups in total. The molecule has 0 saturated carbocycles. The van der Waals surface area contributed by atoms with Crippen LogP contribution in [0.1, 0.15) is 39.5 Å². The first kappa shape index (κ1) is 13.2. The standard InChI is InChI=1S/C13H21ClN2/c1-3-4-5-7-10(2)16-12-9-6-8-11(14)13(12)15/h6,8-10,16H,3-5,7,15H2,1-2H3. The number of nitrogens with one attached hydrogen (secondary N) is 1. The molecule has 0 aliphatic heterocycles. The van der Waals surface area contributed by atoms with Gasteiger partial charge in [-0.3, -0.25) is 0 Å². The number of unbranched alkanes of at least 4 members (excludes halogenated alkanes) is 2. The van der Waals surface area contributed by atoms with Crippen LogP contribution in [-0.2, 0) is 0 Å². The Kier molecular flexibility index (Phi) is 5.47. The van der Waals surface area contributed by atoms with Gasteiger partial charge in [0, 0.05) is 6.04 Å². The molecule has 1 aromatic carbocycles. The molecule has 0 spiro atoms. The maximum absolute atomic E-state index is 5.96. The molecule has 90 valence electrons. The molecule has 0 amide bonds. The first-order valence-corrected chi connectivity index (χ1v) is 6.33. The molecule has 0 heterocycles. The molecule has 0 aliphatic carbocycles.